The van der Waals surface area contributed by atoms with Crippen molar-refractivity contribution in [3.05, 3.63) is 0 Å². The molecule has 2 aliphatic rings. The van der Waals surface area contributed by atoms with E-state index in [0.717, 1.165) is 0 Å². The van der Waals surface area contributed by atoms with Crippen LogP contribution in [0.3, 0.4) is 0 Å². The van der Waals surface area contributed by atoms with Crippen LogP contribution in [0, 0.1) is 23.2 Å². The van der Waals surface area contributed by atoms with Crippen LogP contribution < -0.4 is 0 Å². The van der Waals surface area contributed by atoms with Crippen molar-refractivity contribution >= 4 is 5.97 Å². The van der Waals surface area contributed by atoms with Gasteiger partial charge in [0.2, 0.25) is 0 Å². The van der Waals surface area contributed by atoms with Gasteiger partial charge in [0.25, 0.3) is 0 Å². The lowest BCUT2D eigenvalue weighted by atomic mass is 10.1. The van der Waals surface area contributed by atoms with E-state index in [0.29, 0.717) is 13.0 Å². The van der Waals surface area contributed by atoms with Crippen molar-refractivity contribution in [1.82, 2.24) is 0 Å². The van der Waals surface area contributed by atoms with Crippen molar-refractivity contribution in [2.75, 3.05) is 6.61 Å². The molecule has 2 fully saturated rings. The lowest BCUT2D eigenvalue weighted by Gasteiger charge is -2.21. The van der Waals surface area contributed by atoms with Crippen LogP contribution in [0.25, 0.3) is 0 Å². The minimum absolute atomic E-state index is 0.0512. The topological polar surface area (TPSA) is 68.6 Å². The number of hydrogen-bond acceptors (Lipinski definition) is 5. The second kappa shape index (κ2) is 4.28. The highest BCUT2D eigenvalue weighted by molar-refractivity contribution is 5.65. The normalized spacial score (nSPS) is 38.5. The molecule has 0 bridgehead atoms. The Labute approximate surface area is 101 Å². The lowest BCUT2D eigenvalue weighted by molar-refractivity contribution is -0.163. The highest BCUT2D eigenvalue weighted by atomic mass is 16.8. The van der Waals surface area contributed by atoms with Crippen LogP contribution in [0.4, 0.5) is 0 Å². The Hall–Kier alpha value is -1.12. The molecule has 0 aromatic heterocycles. The predicted octanol–water partition coefficient (Wildman–Crippen LogP) is 1.23. The van der Waals surface area contributed by atoms with Crippen LogP contribution in [0.5, 0.6) is 0 Å². The van der Waals surface area contributed by atoms with Crippen molar-refractivity contribution in [1.29, 1.82) is 5.26 Å². The molecule has 0 aromatic rings. The molecule has 0 amide bonds. The van der Waals surface area contributed by atoms with E-state index in [-0.39, 0.29) is 30.0 Å². The summed E-state index contributed by atoms with van der Waals surface area (Å²) >= 11 is 0. The monoisotopic (exact) mass is 239 g/mol. The molecular formula is C12H17NO4. The minimum atomic E-state index is -0.653. The van der Waals surface area contributed by atoms with Crippen LogP contribution in [0.15, 0.2) is 0 Å². The SMILES string of the molecule is CC(=O)OC[C@H]1C[C@@H](C#N)[C@@H]2OC(C)(C)O[C@H]12. The number of fused-ring (bicyclic) bond motifs is 1. The Balaban J connectivity index is 2.05. The van der Waals surface area contributed by atoms with E-state index in [9.17, 15) is 4.79 Å². The van der Waals surface area contributed by atoms with E-state index >= 15 is 0 Å². The average molecular weight is 239 g/mol. The summed E-state index contributed by atoms with van der Waals surface area (Å²) in [6.45, 7) is 5.35. The number of nitrogens with zero attached hydrogens (tertiary/aromatic N) is 1. The summed E-state index contributed by atoms with van der Waals surface area (Å²) in [5, 5.41) is 9.09. The number of carbonyl (C=O) groups excluding carboxylic acids is 1. The van der Waals surface area contributed by atoms with Gasteiger partial charge in [-0.05, 0) is 20.3 Å². The van der Waals surface area contributed by atoms with E-state index in [1.54, 1.807) is 0 Å². The van der Waals surface area contributed by atoms with Gasteiger partial charge in [0.05, 0.1) is 24.7 Å². The Bertz CT molecular complexity index is 360. The molecule has 1 aliphatic heterocycles. The van der Waals surface area contributed by atoms with E-state index in [1.165, 1.54) is 6.92 Å². The molecule has 1 heterocycles. The largest absolute Gasteiger partial charge is 0.465 e. The predicted molar refractivity (Wildman–Crippen MR) is 57.7 cm³/mol. The Morgan fingerprint density at radius 3 is 2.71 bits per heavy atom. The number of nitriles is 1. The van der Waals surface area contributed by atoms with Crippen LogP contribution in [-0.2, 0) is 19.0 Å². The molecule has 1 saturated carbocycles. The third-order valence-corrected chi connectivity index (χ3v) is 3.25. The highest BCUT2D eigenvalue weighted by Crippen LogP contribution is 2.44. The number of rotatable bonds is 2. The molecule has 5 heteroatoms. The van der Waals surface area contributed by atoms with Crippen molar-refractivity contribution in [3.63, 3.8) is 0 Å². The van der Waals surface area contributed by atoms with Crippen LogP contribution in [-0.4, -0.2) is 30.6 Å². The summed E-state index contributed by atoms with van der Waals surface area (Å²) in [6.07, 6.45) is 0.319. The molecule has 0 aromatic carbocycles. The van der Waals surface area contributed by atoms with Gasteiger partial charge in [-0.3, -0.25) is 4.79 Å². The van der Waals surface area contributed by atoms with E-state index in [1.807, 2.05) is 13.8 Å². The van der Waals surface area contributed by atoms with Crippen molar-refractivity contribution in [2.45, 2.75) is 45.2 Å². The third kappa shape index (κ3) is 2.43. The first-order chi connectivity index (χ1) is 7.93. The summed E-state index contributed by atoms with van der Waals surface area (Å²) in [4.78, 5) is 10.8. The van der Waals surface area contributed by atoms with E-state index < -0.39 is 5.79 Å². The Kier molecular flexibility index (Phi) is 3.11. The number of ether oxygens (including phenoxy) is 3. The Morgan fingerprint density at radius 2 is 2.12 bits per heavy atom. The fraction of sp³-hybridized carbons (Fsp3) is 0.833. The molecule has 1 saturated heterocycles. The maximum atomic E-state index is 10.8. The quantitative estimate of drug-likeness (QED) is 0.678. The lowest BCUT2D eigenvalue weighted by Crippen LogP contribution is -2.28. The number of esters is 1. The van der Waals surface area contributed by atoms with Gasteiger partial charge in [-0.15, -0.1) is 0 Å². The number of carbonyl (C=O) groups is 1. The summed E-state index contributed by atoms with van der Waals surface area (Å²) in [6, 6.07) is 2.25. The number of hydrogen-bond donors (Lipinski definition) is 0. The first kappa shape index (κ1) is 12.3. The molecule has 1 aliphatic carbocycles. The standard InChI is InChI=1S/C12H17NO4/c1-7(14)15-6-9-4-8(5-13)10-11(9)17-12(2,3)16-10/h8-11H,4,6H2,1-3H3/t8-,9+,10-,11+/m0/s1. The molecule has 4 atom stereocenters. The van der Waals surface area contributed by atoms with Crippen LogP contribution in [0.2, 0.25) is 0 Å². The second-order valence-electron chi connectivity index (χ2n) is 5.10. The molecule has 0 radical (unpaired) electrons. The van der Waals surface area contributed by atoms with Gasteiger partial charge in [0, 0.05) is 12.8 Å². The summed E-state index contributed by atoms with van der Waals surface area (Å²) in [7, 11) is 0. The maximum Gasteiger partial charge on any atom is 0.302 e. The van der Waals surface area contributed by atoms with Gasteiger partial charge < -0.3 is 14.2 Å². The Morgan fingerprint density at radius 1 is 1.47 bits per heavy atom. The molecule has 0 spiro atoms. The molecule has 5 nitrogen and oxygen atoms in total. The van der Waals surface area contributed by atoms with Crippen LogP contribution in [0.1, 0.15) is 27.2 Å². The average Bonchev–Trinajstić information content (AvgIpc) is 2.68. The highest BCUT2D eigenvalue weighted by Gasteiger charge is 2.54. The maximum absolute atomic E-state index is 10.8. The molecular weight excluding hydrogens is 222 g/mol. The van der Waals surface area contributed by atoms with Gasteiger partial charge in [0.1, 0.15) is 6.10 Å². The molecule has 2 rings (SSSR count). The van der Waals surface area contributed by atoms with Gasteiger partial charge in [-0.1, -0.05) is 0 Å². The van der Waals surface area contributed by atoms with Gasteiger partial charge >= 0.3 is 5.97 Å². The zero-order valence-corrected chi connectivity index (χ0v) is 10.3. The van der Waals surface area contributed by atoms with Gasteiger partial charge in [-0.2, -0.15) is 5.26 Å². The summed E-state index contributed by atoms with van der Waals surface area (Å²) in [5.41, 5.74) is 0. The van der Waals surface area contributed by atoms with Gasteiger partial charge in [0.15, 0.2) is 5.79 Å². The van der Waals surface area contributed by atoms with Gasteiger partial charge in [-0.25, -0.2) is 0 Å². The first-order valence-electron chi connectivity index (χ1n) is 5.81. The summed E-state index contributed by atoms with van der Waals surface area (Å²) in [5.74, 6) is -1.09. The molecule has 94 valence electrons. The summed E-state index contributed by atoms with van der Waals surface area (Å²) < 4.78 is 16.5. The smallest absolute Gasteiger partial charge is 0.302 e. The van der Waals surface area contributed by atoms with Crippen molar-refractivity contribution in [3.8, 4) is 6.07 Å². The van der Waals surface area contributed by atoms with Crippen LogP contribution >= 0.6 is 0 Å². The van der Waals surface area contributed by atoms with Crippen molar-refractivity contribution in [2.24, 2.45) is 11.8 Å². The fourth-order valence-electron chi connectivity index (χ4n) is 2.60. The fourth-order valence-corrected chi connectivity index (χ4v) is 2.60. The second-order valence-corrected chi connectivity index (χ2v) is 5.10. The third-order valence-electron chi connectivity index (χ3n) is 3.25. The zero-order chi connectivity index (χ0) is 12.6. The molecule has 0 N–H and O–H groups in total. The molecule has 17 heavy (non-hydrogen) atoms. The zero-order valence-electron chi connectivity index (χ0n) is 10.3. The molecule has 0 unspecified atom stereocenters. The van der Waals surface area contributed by atoms with Crippen molar-refractivity contribution < 1.29 is 19.0 Å². The van der Waals surface area contributed by atoms with E-state index in [2.05, 4.69) is 6.07 Å². The minimum Gasteiger partial charge on any atom is -0.465 e. The first-order valence-corrected chi connectivity index (χ1v) is 5.81. The van der Waals surface area contributed by atoms with E-state index in [4.69, 9.17) is 19.5 Å².